The second kappa shape index (κ2) is 365. The Hall–Kier alpha value is 1.65. The van der Waals surface area contributed by atoms with Crippen molar-refractivity contribution in [1.82, 2.24) is 30.8 Å². The molecule has 0 fully saturated rings. The fourth-order valence-electron chi connectivity index (χ4n) is 0. The molecule has 0 aromatic rings. The van der Waals surface area contributed by atoms with E-state index in [0.717, 1.165) is 0 Å². The molecule has 15 N–H and O–H groups in total. The number of hydrogen-bond acceptors (Lipinski definition) is 5. The van der Waals surface area contributed by atoms with E-state index < -0.39 is 0 Å². The van der Waals surface area contributed by atoms with Crippen LogP contribution in [0, 0.1) is 0 Å². The second-order valence-corrected chi connectivity index (χ2v) is 0. The van der Waals surface area contributed by atoms with Gasteiger partial charge in [0.05, 0.1) is 0 Å². The van der Waals surface area contributed by atoms with Crippen molar-refractivity contribution in [3.05, 3.63) is 0 Å². The predicted molar refractivity (Wildman–Crippen MR) is 31.0 cm³/mol. The van der Waals surface area contributed by atoms with Gasteiger partial charge in [-0.3, -0.25) is 0 Å². The molecule has 0 amide bonds. The third-order valence-corrected chi connectivity index (χ3v) is 0. The number of rotatable bonds is 0. The summed E-state index contributed by atoms with van der Waals surface area (Å²) in [5.74, 6) is 0. The molecule has 0 spiro atoms. The maximum atomic E-state index is 4.61. The van der Waals surface area contributed by atoms with E-state index in [2.05, 4.69) is 9.42 Å². The molecule has 0 aliphatic heterocycles. The van der Waals surface area contributed by atoms with Crippen LogP contribution in [0.4, 0.5) is 0 Å². The van der Waals surface area contributed by atoms with Crippen molar-refractivity contribution in [2.75, 3.05) is 0 Å². The van der Waals surface area contributed by atoms with Gasteiger partial charge in [0.25, 0.3) is 0 Å². The summed E-state index contributed by atoms with van der Waals surface area (Å²) in [7, 11) is 4.61. The van der Waals surface area contributed by atoms with Crippen molar-refractivity contribution in [3.8, 4) is 0 Å². The van der Waals surface area contributed by atoms with Crippen molar-refractivity contribution < 1.29 is 56.0 Å². The summed E-state index contributed by atoms with van der Waals surface area (Å²) < 4.78 is 0. The summed E-state index contributed by atoms with van der Waals surface area (Å²) in [6.45, 7) is 0. The average molecular weight is 422 g/mol. The number of hydrogen-bond donors (Lipinski definition) is 5. The zero-order valence-corrected chi connectivity index (χ0v) is 10.7. The van der Waals surface area contributed by atoms with Gasteiger partial charge in [0.15, 0.2) is 0 Å². The van der Waals surface area contributed by atoms with E-state index in [1.165, 1.54) is 0 Å². The first-order valence-electron chi connectivity index (χ1n) is 0.120. The van der Waals surface area contributed by atoms with Gasteiger partial charge in [-0.1, -0.05) is 0 Å². The van der Waals surface area contributed by atoms with Crippen LogP contribution < -0.4 is 68.0 Å². The zero-order chi connectivity index (χ0) is 2.00. The Labute approximate surface area is 95.8 Å². The van der Waals surface area contributed by atoms with Gasteiger partial charge >= 0.3 is 28.2 Å². The van der Waals surface area contributed by atoms with Crippen molar-refractivity contribution in [2.24, 2.45) is 0 Å². The van der Waals surface area contributed by atoms with Gasteiger partial charge in [0, 0.05) is 0 Å². The summed E-state index contributed by atoms with van der Waals surface area (Å²) >= 11 is 1.61. The number of halogens is 4. The first kappa shape index (κ1) is 188. The quantitative estimate of drug-likeness (QED) is 0.260. The molecule has 0 radical (unpaired) electrons. The van der Waals surface area contributed by atoms with Crippen LogP contribution in [0.5, 0.6) is 0 Å². The van der Waals surface area contributed by atoms with Crippen LogP contribution in [0.3, 0.4) is 0 Å². The Morgan fingerprint density at radius 3 is 0.500 bits per heavy atom. The summed E-state index contributed by atoms with van der Waals surface area (Å²) in [5, 5.41) is 0. The second-order valence-electron chi connectivity index (χ2n) is 0. The van der Waals surface area contributed by atoms with Gasteiger partial charge in [-0.2, -0.15) is 0 Å². The molecule has 0 aromatic heterocycles. The van der Waals surface area contributed by atoms with E-state index in [1.807, 2.05) is 0 Å². The molecule has 0 bridgehead atoms. The fraction of sp³-hybridized carbons (Fsp3) is 0. The molecule has 0 heterocycles. The van der Waals surface area contributed by atoms with Gasteiger partial charge in [0.1, 0.15) is 0 Å². The Morgan fingerprint density at radius 2 is 0.500 bits per heavy atom. The van der Waals surface area contributed by atoms with Gasteiger partial charge in [-0.15, -0.1) is 0 Å². The third-order valence-electron chi connectivity index (χ3n) is 0. The molecule has 10 heteroatoms. The molecular formula is H15Cl4N5Pt. The van der Waals surface area contributed by atoms with E-state index in [1.54, 1.807) is 18.8 Å². The molecule has 0 saturated heterocycles. The van der Waals surface area contributed by atoms with Gasteiger partial charge < -0.3 is 68.0 Å². The first-order valence-corrected chi connectivity index (χ1v) is 2.94. The van der Waals surface area contributed by atoms with E-state index in [0.29, 0.717) is 0 Å². The molecular weight excluding hydrogens is 407 g/mol. The zero-order valence-electron chi connectivity index (χ0n) is 5.36. The van der Waals surface area contributed by atoms with Gasteiger partial charge in [-0.25, -0.2) is 0 Å². The van der Waals surface area contributed by atoms with Crippen LogP contribution in [0.2, 0.25) is 0 Å². The minimum atomic E-state index is 0. The molecule has 0 aromatic carbocycles. The van der Waals surface area contributed by atoms with E-state index in [-0.39, 0.29) is 68.0 Å². The van der Waals surface area contributed by atoms with Crippen LogP contribution >= 0.6 is 9.42 Å². The molecule has 78 valence electrons. The monoisotopic (exact) mass is 420 g/mol. The molecule has 0 unspecified atom stereocenters. The molecule has 0 aliphatic carbocycles. The molecule has 0 atom stereocenters. The summed E-state index contributed by atoms with van der Waals surface area (Å²) in [5.41, 5.74) is 0. The topological polar surface area (TPSA) is 175 Å². The Morgan fingerprint density at radius 1 is 0.500 bits per heavy atom. The van der Waals surface area contributed by atoms with E-state index >= 15 is 0 Å². The maximum absolute atomic E-state index is 4.61. The first-order chi connectivity index (χ1) is 1.00. The summed E-state index contributed by atoms with van der Waals surface area (Å²) in [6.07, 6.45) is 0. The standard InChI is InChI=1S/4ClH.5H3N.Pt/h4*1H;5*1H3;/q;;;;;;;;;+4/p-4. The normalized spacial score (nSPS) is 0.600. The fourth-order valence-corrected chi connectivity index (χ4v) is 0. The predicted octanol–water partition coefficient (Wildman–Crippen LogP) is -7.49. The van der Waals surface area contributed by atoms with Crippen molar-refractivity contribution >= 4 is 9.42 Å². The molecule has 10 heavy (non-hydrogen) atoms. The van der Waals surface area contributed by atoms with Crippen LogP contribution in [0.1, 0.15) is 0 Å². The molecule has 0 rings (SSSR count). The van der Waals surface area contributed by atoms with E-state index in [9.17, 15) is 0 Å². The minimum absolute atomic E-state index is 0. The molecule has 5 nitrogen and oxygen atoms in total. The Bertz CT molecular complexity index is 13.6. The molecule has 0 aliphatic rings. The Kier molecular flexibility index (Phi) is 6870. The van der Waals surface area contributed by atoms with Crippen LogP contribution in [-0.2, 0) is 18.8 Å². The van der Waals surface area contributed by atoms with Crippen LogP contribution in [0.15, 0.2) is 0 Å². The van der Waals surface area contributed by atoms with Crippen LogP contribution in [0.25, 0.3) is 0 Å². The molecule has 0 saturated carbocycles. The van der Waals surface area contributed by atoms with Gasteiger partial charge in [0.2, 0.25) is 0 Å². The SMILES string of the molecule is N.N.N.N.N.[Cl-].[Cl-].[Cl-].[Cl][Pt+3]. The summed E-state index contributed by atoms with van der Waals surface area (Å²) in [4.78, 5) is 0. The van der Waals surface area contributed by atoms with Crippen molar-refractivity contribution in [2.45, 2.75) is 0 Å². The average Bonchev–Trinajstić information content (AvgIpc) is 1.00. The van der Waals surface area contributed by atoms with Crippen molar-refractivity contribution in [1.29, 1.82) is 0 Å². The summed E-state index contributed by atoms with van der Waals surface area (Å²) in [6, 6.07) is 0. The third kappa shape index (κ3) is 266. The van der Waals surface area contributed by atoms with E-state index in [4.69, 9.17) is 0 Å². The van der Waals surface area contributed by atoms with Crippen molar-refractivity contribution in [3.63, 3.8) is 0 Å². The Balaban J connectivity index is -0.000000000179. The van der Waals surface area contributed by atoms with Gasteiger partial charge in [-0.05, 0) is 0 Å². The van der Waals surface area contributed by atoms with Crippen LogP contribution in [-0.4, -0.2) is 0 Å².